The van der Waals surface area contributed by atoms with Gasteiger partial charge in [0.25, 0.3) is 0 Å². The number of rotatable bonds is 2. The van der Waals surface area contributed by atoms with E-state index in [0.717, 1.165) is 12.8 Å². The van der Waals surface area contributed by atoms with Gasteiger partial charge in [-0.3, -0.25) is 0 Å². The lowest BCUT2D eigenvalue weighted by Crippen LogP contribution is -2.22. The van der Waals surface area contributed by atoms with Crippen LogP contribution in [-0.4, -0.2) is 6.04 Å². The van der Waals surface area contributed by atoms with E-state index in [1.54, 1.807) is 12.1 Å². The van der Waals surface area contributed by atoms with E-state index in [9.17, 15) is 4.39 Å². The standard InChI is InChI=1S/C12H15ClFN/c13-9-6-7-12(11(14)8-9)15-10-4-2-1-3-5-10/h6-8,10,15H,1-5H2. The molecule has 15 heavy (non-hydrogen) atoms. The Labute approximate surface area is 94.6 Å². The minimum atomic E-state index is -0.256. The van der Waals surface area contributed by atoms with Gasteiger partial charge < -0.3 is 5.32 Å². The van der Waals surface area contributed by atoms with Crippen molar-refractivity contribution in [1.29, 1.82) is 0 Å². The van der Waals surface area contributed by atoms with Crippen LogP contribution in [0.4, 0.5) is 10.1 Å². The van der Waals surface area contributed by atoms with Crippen molar-refractivity contribution in [2.24, 2.45) is 0 Å². The molecule has 0 heterocycles. The summed E-state index contributed by atoms with van der Waals surface area (Å²) in [6.45, 7) is 0. The number of halogens is 2. The minimum absolute atomic E-state index is 0.256. The average Bonchev–Trinajstić information content (AvgIpc) is 2.24. The molecule has 82 valence electrons. The van der Waals surface area contributed by atoms with Crippen molar-refractivity contribution in [3.63, 3.8) is 0 Å². The van der Waals surface area contributed by atoms with Gasteiger partial charge in [-0.25, -0.2) is 4.39 Å². The second kappa shape index (κ2) is 4.84. The minimum Gasteiger partial charge on any atom is -0.380 e. The summed E-state index contributed by atoms with van der Waals surface area (Å²) >= 11 is 5.69. The van der Waals surface area contributed by atoms with Gasteiger partial charge in [0.15, 0.2) is 0 Å². The van der Waals surface area contributed by atoms with Gasteiger partial charge in [-0.2, -0.15) is 0 Å². The first-order chi connectivity index (χ1) is 7.25. The zero-order chi connectivity index (χ0) is 10.7. The smallest absolute Gasteiger partial charge is 0.147 e. The van der Waals surface area contributed by atoms with Gasteiger partial charge in [-0.1, -0.05) is 30.9 Å². The summed E-state index contributed by atoms with van der Waals surface area (Å²) in [5.74, 6) is -0.256. The number of hydrogen-bond donors (Lipinski definition) is 1. The van der Waals surface area contributed by atoms with E-state index in [4.69, 9.17) is 11.6 Å². The Bertz CT molecular complexity index is 334. The molecule has 0 saturated heterocycles. The van der Waals surface area contributed by atoms with Gasteiger partial charge in [0, 0.05) is 11.1 Å². The van der Waals surface area contributed by atoms with Crippen LogP contribution in [0.5, 0.6) is 0 Å². The Balaban J connectivity index is 2.03. The molecule has 1 aliphatic carbocycles. The lowest BCUT2D eigenvalue weighted by atomic mass is 9.95. The molecule has 1 aromatic rings. The highest BCUT2D eigenvalue weighted by atomic mass is 35.5. The fourth-order valence-electron chi connectivity index (χ4n) is 2.07. The number of benzene rings is 1. The van der Waals surface area contributed by atoms with E-state index >= 15 is 0 Å². The topological polar surface area (TPSA) is 12.0 Å². The predicted molar refractivity (Wildman–Crippen MR) is 61.9 cm³/mol. The van der Waals surface area contributed by atoms with Crippen molar-refractivity contribution in [2.75, 3.05) is 5.32 Å². The highest BCUT2D eigenvalue weighted by Crippen LogP contribution is 2.24. The van der Waals surface area contributed by atoms with E-state index in [1.807, 2.05) is 0 Å². The Morgan fingerprint density at radius 1 is 1.20 bits per heavy atom. The van der Waals surface area contributed by atoms with Crippen LogP contribution >= 0.6 is 11.6 Å². The molecule has 3 heteroatoms. The second-order valence-electron chi connectivity index (χ2n) is 4.10. The van der Waals surface area contributed by atoms with Crippen LogP contribution in [-0.2, 0) is 0 Å². The van der Waals surface area contributed by atoms with Crippen LogP contribution < -0.4 is 5.32 Å². The van der Waals surface area contributed by atoms with Crippen LogP contribution in [0.15, 0.2) is 18.2 Å². The van der Waals surface area contributed by atoms with E-state index in [1.165, 1.54) is 25.3 Å². The summed E-state index contributed by atoms with van der Waals surface area (Å²) in [7, 11) is 0. The van der Waals surface area contributed by atoms with E-state index in [-0.39, 0.29) is 5.82 Å². The maximum absolute atomic E-state index is 13.5. The summed E-state index contributed by atoms with van der Waals surface area (Å²) in [5, 5.41) is 3.69. The highest BCUT2D eigenvalue weighted by Gasteiger charge is 2.14. The Morgan fingerprint density at radius 3 is 2.60 bits per heavy atom. The summed E-state index contributed by atoms with van der Waals surface area (Å²) in [6, 6.07) is 5.21. The first-order valence-electron chi connectivity index (χ1n) is 5.47. The lowest BCUT2D eigenvalue weighted by Gasteiger charge is -2.24. The van der Waals surface area contributed by atoms with Crippen molar-refractivity contribution < 1.29 is 4.39 Å². The van der Waals surface area contributed by atoms with Crippen LogP contribution in [0.1, 0.15) is 32.1 Å². The molecule has 0 radical (unpaired) electrons. The normalized spacial score (nSPS) is 17.7. The molecule has 0 aromatic heterocycles. The van der Waals surface area contributed by atoms with Crippen LogP contribution in [0, 0.1) is 5.82 Å². The molecular formula is C12H15ClFN. The molecular weight excluding hydrogens is 213 g/mol. The van der Waals surface area contributed by atoms with Gasteiger partial charge in [0.05, 0.1) is 5.69 Å². The number of nitrogens with one attached hydrogen (secondary N) is 1. The fourth-order valence-corrected chi connectivity index (χ4v) is 2.23. The van der Waals surface area contributed by atoms with Crippen molar-refractivity contribution in [2.45, 2.75) is 38.1 Å². The molecule has 0 unspecified atom stereocenters. The molecule has 0 spiro atoms. The van der Waals surface area contributed by atoms with E-state index in [2.05, 4.69) is 5.32 Å². The Morgan fingerprint density at radius 2 is 1.93 bits per heavy atom. The van der Waals surface area contributed by atoms with Crippen LogP contribution in [0.3, 0.4) is 0 Å². The molecule has 1 aliphatic rings. The van der Waals surface area contributed by atoms with Crippen LogP contribution in [0.2, 0.25) is 5.02 Å². The summed E-state index contributed by atoms with van der Waals surface area (Å²) in [4.78, 5) is 0. The molecule has 1 saturated carbocycles. The maximum Gasteiger partial charge on any atom is 0.147 e. The van der Waals surface area contributed by atoms with E-state index < -0.39 is 0 Å². The second-order valence-corrected chi connectivity index (χ2v) is 4.54. The lowest BCUT2D eigenvalue weighted by molar-refractivity contribution is 0.460. The molecule has 0 amide bonds. The van der Waals surface area contributed by atoms with Crippen LogP contribution in [0.25, 0.3) is 0 Å². The summed E-state index contributed by atoms with van der Waals surface area (Å²) < 4.78 is 13.5. The van der Waals surface area contributed by atoms with Crippen molar-refractivity contribution in [1.82, 2.24) is 0 Å². The van der Waals surface area contributed by atoms with Gasteiger partial charge in [-0.15, -0.1) is 0 Å². The average molecular weight is 228 g/mol. The monoisotopic (exact) mass is 227 g/mol. The fraction of sp³-hybridized carbons (Fsp3) is 0.500. The Kier molecular flexibility index (Phi) is 3.47. The molecule has 0 bridgehead atoms. The molecule has 1 aromatic carbocycles. The highest BCUT2D eigenvalue weighted by molar-refractivity contribution is 6.30. The van der Waals surface area contributed by atoms with Gasteiger partial charge in [0.1, 0.15) is 5.82 Å². The maximum atomic E-state index is 13.5. The number of hydrogen-bond acceptors (Lipinski definition) is 1. The quantitative estimate of drug-likeness (QED) is 0.798. The third kappa shape index (κ3) is 2.85. The molecule has 0 atom stereocenters. The first kappa shape index (κ1) is 10.7. The van der Waals surface area contributed by atoms with Crippen molar-refractivity contribution in [3.8, 4) is 0 Å². The first-order valence-corrected chi connectivity index (χ1v) is 5.85. The third-order valence-electron chi connectivity index (χ3n) is 2.90. The summed E-state index contributed by atoms with van der Waals surface area (Å²) in [5.41, 5.74) is 0.575. The zero-order valence-corrected chi connectivity index (χ0v) is 9.36. The molecule has 2 rings (SSSR count). The third-order valence-corrected chi connectivity index (χ3v) is 3.13. The van der Waals surface area contributed by atoms with Gasteiger partial charge >= 0.3 is 0 Å². The van der Waals surface area contributed by atoms with Crippen molar-refractivity contribution in [3.05, 3.63) is 29.0 Å². The molecule has 0 aliphatic heterocycles. The number of anilines is 1. The molecule has 1 nitrogen and oxygen atoms in total. The van der Waals surface area contributed by atoms with Gasteiger partial charge in [-0.05, 0) is 31.0 Å². The molecule has 1 fully saturated rings. The molecule has 1 N–H and O–H groups in total. The predicted octanol–water partition coefficient (Wildman–Crippen LogP) is 4.22. The van der Waals surface area contributed by atoms with E-state index in [0.29, 0.717) is 16.8 Å². The van der Waals surface area contributed by atoms with Crippen molar-refractivity contribution >= 4 is 17.3 Å². The Hall–Kier alpha value is -0.760. The summed E-state index contributed by atoms with van der Waals surface area (Å²) in [6.07, 6.45) is 6.07. The SMILES string of the molecule is Fc1cc(Cl)ccc1NC1CCCCC1. The van der Waals surface area contributed by atoms with Gasteiger partial charge in [0.2, 0.25) is 0 Å². The largest absolute Gasteiger partial charge is 0.380 e. The zero-order valence-electron chi connectivity index (χ0n) is 8.60.